The maximum Gasteiger partial charge on any atom is 0.193 e. The smallest absolute Gasteiger partial charge is 0.193 e. The summed E-state index contributed by atoms with van der Waals surface area (Å²) in [5.74, 6) is 0.953. The minimum absolute atomic E-state index is 0.782. The summed E-state index contributed by atoms with van der Waals surface area (Å²) < 4.78 is 2.05. The van der Waals surface area contributed by atoms with Crippen molar-refractivity contribution < 1.29 is 0 Å². The van der Waals surface area contributed by atoms with Gasteiger partial charge in [0.15, 0.2) is 5.96 Å². The Balaban J connectivity index is 1.29. The van der Waals surface area contributed by atoms with Crippen LogP contribution in [0, 0.1) is 0 Å². The monoisotopic (exact) mass is 396 g/mol. The Morgan fingerprint density at radius 3 is 2.75 bits per heavy atom. The van der Waals surface area contributed by atoms with E-state index >= 15 is 0 Å². The van der Waals surface area contributed by atoms with Crippen LogP contribution in [-0.2, 0) is 6.42 Å². The van der Waals surface area contributed by atoms with E-state index in [4.69, 9.17) is 11.6 Å². The molecule has 0 bridgehead atoms. The molecule has 0 saturated carbocycles. The molecule has 0 spiro atoms. The number of hydrogen-bond acceptors (Lipinski definition) is 3. The molecule has 4 rings (SSSR count). The molecule has 1 aromatic carbocycles. The lowest BCUT2D eigenvalue weighted by molar-refractivity contribution is 0.373. The summed E-state index contributed by atoms with van der Waals surface area (Å²) >= 11 is 6.13. The molecule has 0 unspecified atom stereocenters. The predicted octanol–water partition coefficient (Wildman–Crippen LogP) is 2.93. The van der Waals surface area contributed by atoms with Crippen molar-refractivity contribution in [2.24, 2.45) is 4.99 Å². The normalized spacial score (nSPS) is 15.3. The number of guanidine groups is 1. The van der Waals surface area contributed by atoms with E-state index in [9.17, 15) is 0 Å². The number of benzene rings is 1. The van der Waals surface area contributed by atoms with E-state index in [-0.39, 0.29) is 0 Å². The quantitative estimate of drug-likeness (QED) is 0.544. The van der Waals surface area contributed by atoms with Gasteiger partial charge in [0.25, 0.3) is 0 Å². The zero-order valence-corrected chi connectivity index (χ0v) is 16.8. The Morgan fingerprint density at radius 2 is 2.00 bits per heavy atom. The number of aromatic nitrogens is 2. The van der Waals surface area contributed by atoms with Gasteiger partial charge in [-0.1, -0.05) is 23.7 Å². The molecule has 1 N–H and O–H groups in total. The number of anilines is 1. The lowest BCUT2D eigenvalue weighted by Crippen LogP contribution is -2.52. The van der Waals surface area contributed by atoms with Crippen LogP contribution in [0.1, 0.15) is 5.69 Å². The topological polar surface area (TPSA) is 48.2 Å². The lowest BCUT2D eigenvalue weighted by Gasteiger charge is -2.37. The third kappa shape index (κ3) is 4.22. The molecular formula is C21H25ClN6. The minimum Gasteiger partial charge on any atom is -0.368 e. The number of halogens is 1. The molecule has 1 fully saturated rings. The van der Waals surface area contributed by atoms with Crippen LogP contribution in [0.25, 0.3) is 5.65 Å². The first-order valence-electron chi connectivity index (χ1n) is 9.61. The molecule has 3 aromatic rings. The SMILES string of the molecule is CN=C(NCCc1cn2ccccc2n1)N1CCN(c2cccc(Cl)c2)CC1. The van der Waals surface area contributed by atoms with Crippen LogP contribution < -0.4 is 10.2 Å². The van der Waals surface area contributed by atoms with Gasteiger partial charge in [0.2, 0.25) is 0 Å². The van der Waals surface area contributed by atoms with Gasteiger partial charge in [-0.05, 0) is 30.3 Å². The van der Waals surface area contributed by atoms with E-state index in [1.807, 2.05) is 49.6 Å². The first-order valence-corrected chi connectivity index (χ1v) is 9.99. The molecule has 0 aliphatic carbocycles. The van der Waals surface area contributed by atoms with E-state index in [2.05, 4.69) is 41.8 Å². The molecule has 2 aromatic heterocycles. The molecule has 6 nitrogen and oxygen atoms in total. The van der Waals surface area contributed by atoms with Crippen LogP contribution in [0.3, 0.4) is 0 Å². The molecule has 1 aliphatic heterocycles. The Kier molecular flexibility index (Phi) is 5.67. The van der Waals surface area contributed by atoms with Crippen molar-refractivity contribution >= 4 is 28.9 Å². The number of nitrogens with zero attached hydrogens (tertiary/aromatic N) is 5. The summed E-state index contributed by atoms with van der Waals surface area (Å²) in [7, 11) is 1.84. The molecule has 0 amide bonds. The summed E-state index contributed by atoms with van der Waals surface area (Å²) in [5, 5.41) is 4.26. The highest BCUT2D eigenvalue weighted by molar-refractivity contribution is 6.30. The van der Waals surface area contributed by atoms with Crippen molar-refractivity contribution in [1.29, 1.82) is 0 Å². The van der Waals surface area contributed by atoms with Crippen molar-refractivity contribution in [3.05, 3.63) is 65.6 Å². The standard InChI is InChI=1S/C21H25ClN6/c1-23-21(24-9-8-18-16-28-10-3-2-7-20(28)25-18)27-13-11-26(12-14-27)19-6-4-5-17(22)15-19/h2-7,10,15-16H,8-9,11-14H2,1H3,(H,23,24). The maximum absolute atomic E-state index is 6.13. The third-order valence-corrected chi connectivity index (χ3v) is 5.28. The van der Waals surface area contributed by atoms with Gasteiger partial charge in [-0.3, -0.25) is 4.99 Å². The van der Waals surface area contributed by atoms with Gasteiger partial charge >= 0.3 is 0 Å². The Hall–Kier alpha value is -2.73. The molecule has 7 heteroatoms. The van der Waals surface area contributed by atoms with E-state index in [0.29, 0.717) is 0 Å². The molecule has 28 heavy (non-hydrogen) atoms. The summed E-state index contributed by atoms with van der Waals surface area (Å²) in [4.78, 5) is 13.8. The molecule has 146 valence electrons. The summed E-state index contributed by atoms with van der Waals surface area (Å²) in [5.41, 5.74) is 3.25. The third-order valence-electron chi connectivity index (χ3n) is 5.04. The first kappa shape index (κ1) is 18.6. The van der Waals surface area contributed by atoms with Gasteiger partial charge in [-0.15, -0.1) is 0 Å². The Bertz CT molecular complexity index is 925. The Labute approximate surface area is 170 Å². The van der Waals surface area contributed by atoms with Gasteiger partial charge in [0.1, 0.15) is 5.65 Å². The Morgan fingerprint density at radius 1 is 1.14 bits per heavy atom. The van der Waals surface area contributed by atoms with Crippen molar-refractivity contribution in [3.63, 3.8) is 0 Å². The lowest BCUT2D eigenvalue weighted by atomic mass is 10.2. The van der Waals surface area contributed by atoms with Crippen molar-refractivity contribution in [2.45, 2.75) is 6.42 Å². The minimum atomic E-state index is 0.782. The number of imidazole rings is 1. The number of piperazine rings is 1. The van der Waals surface area contributed by atoms with Gasteiger partial charge in [-0.25, -0.2) is 4.98 Å². The second-order valence-corrected chi connectivity index (χ2v) is 7.31. The molecule has 1 aliphatic rings. The highest BCUT2D eigenvalue weighted by Gasteiger charge is 2.19. The van der Waals surface area contributed by atoms with E-state index in [1.165, 1.54) is 5.69 Å². The molecular weight excluding hydrogens is 372 g/mol. The number of hydrogen-bond donors (Lipinski definition) is 1. The van der Waals surface area contributed by atoms with Gasteiger partial charge < -0.3 is 19.5 Å². The van der Waals surface area contributed by atoms with Crippen LogP contribution in [0.5, 0.6) is 0 Å². The van der Waals surface area contributed by atoms with E-state index in [1.54, 1.807) is 0 Å². The van der Waals surface area contributed by atoms with Crippen LogP contribution in [0.15, 0.2) is 59.9 Å². The maximum atomic E-state index is 6.13. The zero-order chi connectivity index (χ0) is 19.3. The average molecular weight is 397 g/mol. The van der Waals surface area contributed by atoms with Gasteiger partial charge in [-0.2, -0.15) is 0 Å². The van der Waals surface area contributed by atoms with Crippen molar-refractivity contribution in [1.82, 2.24) is 19.6 Å². The van der Waals surface area contributed by atoms with E-state index < -0.39 is 0 Å². The molecule has 0 radical (unpaired) electrons. The van der Waals surface area contributed by atoms with Crippen molar-refractivity contribution in [2.75, 3.05) is 44.7 Å². The highest BCUT2D eigenvalue weighted by atomic mass is 35.5. The van der Waals surface area contributed by atoms with Crippen molar-refractivity contribution in [3.8, 4) is 0 Å². The zero-order valence-electron chi connectivity index (χ0n) is 16.1. The number of fused-ring (bicyclic) bond motifs is 1. The van der Waals surface area contributed by atoms with Crippen LogP contribution in [-0.4, -0.2) is 60.0 Å². The summed E-state index contributed by atoms with van der Waals surface area (Å²) in [6.45, 7) is 4.58. The highest BCUT2D eigenvalue weighted by Crippen LogP contribution is 2.20. The predicted molar refractivity (Wildman–Crippen MR) is 115 cm³/mol. The average Bonchev–Trinajstić information content (AvgIpc) is 3.14. The van der Waals surface area contributed by atoms with Crippen LogP contribution in [0.2, 0.25) is 5.02 Å². The van der Waals surface area contributed by atoms with Gasteiger partial charge in [0.05, 0.1) is 5.69 Å². The fourth-order valence-electron chi connectivity index (χ4n) is 3.59. The number of rotatable bonds is 4. The fraction of sp³-hybridized carbons (Fsp3) is 0.333. The van der Waals surface area contributed by atoms with Gasteiger partial charge in [0, 0.05) is 69.3 Å². The summed E-state index contributed by atoms with van der Waals surface area (Å²) in [6.07, 6.45) is 4.98. The van der Waals surface area contributed by atoms with E-state index in [0.717, 1.165) is 61.5 Å². The number of pyridine rings is 1. The largest absolute Gasteiger partial charge is 0.368 e. The van der Waals surface area contributed by atoms with Crippen LogP contribution >= 0.6 is 11.6 Å². The second-order valence-electron chi connectivity index (χ2n) is 6.88. The first-order chi connectivity index (χ1) is 13.7. The second kappa shape index (κ2) is 8.52. The molecule has 3 heterocycles. The fourth-order valence-corrected chi connectivity index (χ4v) is 3.78. The summed E-state index contributed by atoms with van der Waals surface area (Å²) in [6, 6.07) is 14.1. The number of aliphatic imine (C=N–C) groups is 1. The molecule has 0 atom stereocenters. The number of nitrogens with one attached hydrogen (secondary N) is 1. The molecule has 1 saturated heterocycles. The van der Waals surface area contributed by atoms with Crippen LogP contribution in [0.4, 0.5) is 5.69 Å².